The average molecular weight is 350 g/mol. The molecule has 0 aliphatic carbocycles. The Labute approximate surface area is 155 Å². The summed E-state index contributed by atoms with van der Waals surface area (Å²) < 4.78 is 0. The molecule has 1 heterocycles. The minimum absolute atomic E-state index is 0.0118. The van der Waals surface area contributed by atoms with E-state index in [0.29, 0.717) is 18.9 Å². The summed E-state index contributed by atoms with van der Waals surface area (Å²) in [7, 11) is 1.79. The van der Waals surface area contributed by atoms with Crippen LogP contribution in [0.2, 0.25) is 0 Å². The number of likely N-dealkylation sites (N-methyl/N-ethyl adjacent to an activating group) is 1. The van der Waals surface area contributed by atoms with Crippen LogP contribution in [-0.2, 0) is 21.4 Å². The van der Waals surface area contributed by atoms with Crippen LogP contribution in [0.1, 0.15) is 31.4 Å². The molecule has 0 fully saturated rings. The van der Waals surface area contributed by atoms with Gasteiger partial charge in [-0.1, -0.05) is 62.4 Å². The molecule has 0 bridgehead atoms. The molecule has 0 radical (unpaired) electrons. The highest BCUT2D eigenvalue weighted by Crippen LogP contribution is 2.45. The first-order chi connectivity index (χ1) is 12.4. The molecule has 1 N–H and O–H groups in total. The predicted molar refractivity (Wildman–Crippen MR) is 104 cm³/mol. The summed E-state index contributed by atoms with van der Waals surface area (Å²) >= 11 is 0. The average Bonchev–Trinajstić information content (AvgIpc) is 2.84. The summed E-state index contributed by atoms with van der Waals surface area (Å²) in [6, 6.07) is 17.7. The van der Waals surface area contributed by atoms with Gasteiger partial charge < -0.3 is 10.2 Å². The van der Waals surface area contributed by atoms with E-state index in [0.717, 1.165) is 16.8 Å². The summed E-state index contributed by atoms with van der Waals surface area (Å²) in [4.78, 5) is 27.7. The second kappa shape index (κ2) is 7.32. The number of benzene rings is 2. The van der Waals surface area contributed by atoms with E-state index in [9.17, 15) is 9.59 Å². The lowest BCUT2D eigenvalue weighted by Crippen LogP contribution is -2.44. The second-order valence-corrected chi connectivity index (χ2v) is 7.50. The molecular weight excluding hydrogens is 324 g/mol. The van der Waals surface area contributed by atoms with Gasteiger partial charge in [-0.2, -0.15) is 0 Å². The zero-order chi connectivity index (χ0) is 18.7. The number of nitrogens with zero attached hydrogens (tertiary/aromatic N) is 1. The highest BCUT2D eigenvalue weighted by atomic mass is 16.2. The maximum absolute atomic E-state index is 13.3. The van der Waals surface area contributed by atoms with E-state index in [1.165, 1.54) is 0 Å². The summed E-state index contributed by atoms with van der Waals surface area (Å²) in [6.45, 7) is 4.74. The lowest BCUT2D eigenvalue weighted by molar-refractivity contribution is -0.129. The lowest BCUT2D eigenvalue weighted by Gasteiger charge is -2.28. The zero-order valence-electron chi connectivity index (χ0n) is 15.7. The Morgan fingerprint density at radius 1 is 1.08 bits per heavy atom. The van der Waals surface area contributed by atoms with Crippen molar-refractivity contribution in [3.63, 3.8) is 0 Å². The van der Waals surface area contributed by atoms with Crippen molar-refractivity contribution in [3.8, 4) is 0 Å². The Morgan fingerprint density at radius 2 is 1.73 bits per heavy atom. The Morgan fingerprint density at radius 3 is 2.42 bits per heavy atom. The van der Waals surface area contributed by atoms with E-state index in [-0.39, 0.29) is 18.2 Å². The molecule has 1 unspecified atom stereocenters. The number of carbonyl (C=O) groups excluding carboxylic acids is 2. The molecule has 1 aliphatic heterocycles. The molecule has 0 saturated heterocycles. The van der Waals surface area contributed by atoms with Crippen molar-refractivity contribution in [2.45, 2.75) is 32.1 Å². The van der Waals surface area contributed by atoms with Gasteiger partial charge in [0.25, 0.3) is 0 Å². The van der Waals surface area contributed by atoms with E-state index in [2.05, 4.69) is 19.2 Å². The molecule has 1 atom stereocenters. The zero-order valence-corrected chi connectivity index (χ0v) is 15.7. The van der Waals surface area contributed by atoms with Crippen LogP contribution in [0.25, 0.3) is 0 Å². The molecule has 4 nitrogen and oxygen atoms in total. The minimum Gasteiger partial charge on any atom is -0.356 e. The first-order valence-corrected chi connectivity index (χ1v) is 9.12. The molecule has 0 spiro atoms. The molecule has 3 rings (SSSR count). The summed E-state index contributed by atoms with van der Waals surface area (Å²) in [5, 5.41) is 2.98. The fraction of sp³-hybridized carbons (Fsp3) is 0.364. The first-order valence-electron chi connectivity index (χ1n) is 9.12. The molecule has 2 aromatic carbocycles. The van der Waals surface area contributed by atoms with Gasteiger partial charge in [-0.05, 0) is 29.5 Å². The van der Waals surface area contributed by atoms with E-state index < -0.39 is 5.41 Å². The number of carbonyl (C=O) groups is 2. The van der Waals surface area contributed by atoms with Gasteiger partial charge in [-0.3, -0.25) is 9.59 Å². The van der Waals surface area contributed by atoms with E-state index >= 15 is 0 Å². The van der Waals surface area contributed by atoms with Gasteiger partial charge >= 0.3 is 0 Å². The Balaban J connectivity index is 2.00. The highest BCUT2D eigenvalue weighted by Gasteiger charge is 2.50. The maximum atomic E-state index is 13.3. The van der Waals surface area contributed by atoms with Gasteiger partial charge in [0.05, 0.1) is 5.41 Å². The van der Waals surface area contributed by atoms with Crippen molar-refractivity contribution in [2.75, 3.05) is 18.5 Å². The fourth-order valence-corrected chi connectivity index (χ4v) is 3.72. The number of hydrogen-bond donors (Lipinski definition) is 1. The Kier molecular flexibility index (Phi) is 5.12. The molecule has 2 amide bonds. The number of fused-ring (bicyclic) bond motifs is 1. The van der Waals surface area contributed by atoms with Gasteiger partial charge in [-0.15, -0.1) is 0 Å². The van der Waals surface area contributed by atoms with Gasteiger partial charge in [0.1, 0.15) is 0 Å². The molecule has 136 valence electrons. The quantitative estimate of drug-likeness (QED) is 0.869. The van der Waals surface area contributed by atoms with Crippen molar-refractivity contribution in [3.05, 3.63) is 65.7 Å². The van der Waals surface area contributed by atoms with Gasteiger partial charge in [0.15, 0.2) is 0 Å². The Hall–Kier alpha value is -2.62. The van der Waals surface area contributed by atoms with Crippen LogP contribution in [-0.4, -0.2) is 25.4 Å². The smallest absolute Gasteiger partial charge is 0.238 e. The van der Waals surface area contributed by atoms with Crippen LogP contribution in [0.3, 0.4) is 0 Å². The number of amides is 2. The third kappa shape index (κ3) is 3.36. The number of hydrogen-bond acceptors (Lipinski definition) is 2. The van der Waals surface area contributed by atoms with Crippen LogP contribution in [0.4, 0.5) is 5.69 Å². The van der Waals surface area contributed by atoms with Crippen LogP contribution in [0, 0.1) is 5.92 Å². The molecule has 0 saturated carbocycles. The van der Waals surface area contributed by atoms with Crippen LogP contribution >= 0.6 is 0 Å². The van der Waals surface area contributed by atoms with Gasteiger partial charge in [-0.25, -0.2) is 0 Å². The minimum atomic E-state index is -0.853. The van der Waals surface area contributed by atoms with Crippen LogP contribution in [0.15, 0.2) is 54.6 Å². The fourth-order valence-electron chi connectivity index (χ4n) is 3.72. The number of para-hydroxylation sites is 1. The predicted octanol–water partition coefficient (Wildman–Crippen LogP) is 3.31. The third-order valence-electron chi connectivity index (χ3n) is 5.01. The summed E-state index contributed by atoms with van der Waals surface area (Å²) in [6.07, 6.45) is 0.678. The summed E-state index contributed by atoms with van der Waals surface area (Å²) in [5.74, 6) is 0.286. The summed E-state index contributed by atoms with van der Waals surface area (Å²) in [5.41, 5.74) is 2.04. The largest absolute Gasteiger partial charge is 0.356 e. The Bertz CT molecular complexity index is 801. The maximum Gasteiger partial charge on any atom is 0.238 e. The lowest BCUT2D eigenvalue weighted by atomic mass is 9.73. The number of anilines is 1. The monoisotopic (exact) mass is 350 g/mol. The van der Waals surface area contributed by atoms with E-state index in [4.69, 9.17) is 0 Å². The second-order valence-electron chi connectivity index (χ2n) is 7.50. The molecule has 1 aliphatic rings. The normalized spacial score (nSPS) is 18.9. The van der Waals surface area contributed by atoms with Crippen molar-refractivity contribution >= 4 is 17.5 Å². The standard InChI is InChI=1S/C22H26N2O2/c1-16(2)15-23-20(25)14-22(13-17-9-5-4-6-10-17)18-11-7-8-12-19(18)24(3)21(22)26/h4-12,16H,13-15H2,1-3H3,(H,23,25). The third-order valence-corrected chi connectivity index (χ3v) is 5.01. The highest BCUT2D eigenvalue weighted by molar-refractivity contribution is 6.09. The van der Waals surface area contributed by atoms with Crippen LogP contribution in [0.5, 0.6) is 0 Å². The van der Waals surface area contributed by atoms with Crippen molar-refractivity contribution in [2.24, 2.45) is 5.92 Å². The van der Waals surface area contributed by atoms with Crippen molar-refractivity contribution in [1.82, 2.24) is 5.32 Å². The number of rotatable bonds is 6. The molecule has 26 heavy (non-hydrogen) atoms. The molecule has 4 heteroatoms. The SMILES string of the molecule is CC(C)CNC(=O)CC1(Cc2ccccc2)C(=O)N(C)c2ccccc21. The number of nitrogens with one attached hydrogen (secondary N) is 1. The van der Waals surface area contributed by atoms with E-state index in [1.807, 2.05) is 54.6 Å². The molecular formula is C22H26N2O2. The molecule has 2 aromatic rings. The topological polar surface area (TPSA) is 49.4 Å². The van der Waals surface area contributed by atoms with Gasteiger partial charge in [0.2, 0.25) is 11.8 Å². The first kappa shape index (κ1) is 18.2. The van der Waals surface area contributed by atoms with Crippen molar-refractivity contribution in [1.29, 1.82) is 0 Å². The molecule has 0 aromatic heterocycles. The van der Waals surface area contributed by atoms with E-state index in [1.54, 1.807) is 11.9 Å². The van der Waals surface area contributed by atoms with Crippen molar-refractivity contribution < 1.29 is 9.59 Å². The van der Waals surface area contributed by atoms with Gasteiger partial charge in [0, 0.05) is 25.7 Å². The van der Waals surface area contributed by atoms with Crippen LogP contribution < -0.4 is 10.2 Å².